The van der Waals surface area contributed by atoms with Crippen LogP contribution in [0.3, 0.4) is 0 Å². The predicted octanol–water partition coefficient (Wildman–Crippen LogP) is 2.28. The number of methoxy groups -OCH3 is 1. The summed E-state index contributed by atoms with van der Waals surface area (Å²) < 4.78 is 38.8. The number of hydrogen-bond acceptors (Lipinski definition) is 7. The molecule has 0 N–H and O–H groups in total. The standard InChI is InChI=1S/C18H22ClNO7S/c1-3-7-14-15(27-28(23,24)12-19)10-20(16(14)17(21)25-2)18(22)26-11-13-8-5-4-6-9-13/h3-6,8-9,14-16H,1,7,10-12H2,2H3/t14-,15+,16-/m0/s1. The molecule has 1 saturated heterocycles. The van der Waals surface area contributed by atoms with Gasteiger partial charge in [0.05, 0.1) is 13.7 Å². The fourth-order valence-electron chi connectivity index (χ4n) is 3.08. The van der Waals surface area contributed by atoms with Crippen molar-refractivity contribution in [2.45, 2.75) is 25.2 Å². The van der Waals surface area contributed by atoms with E-state index in [1.165, 1.54) is 13.2 Å². The molecule has 0 spiro atoms. The molecule has 2 rings (SSSR count). The second-order valence-corrected chi connectivity index (χ2v) is 8.33. The maximum atomic E-state index is 12.6. The van der Waals surface area contributed by atoms with Crippen LogP contribution in [0, 0.1) is 5.92 Å². The van der Waals surface area contributed by atoms with E-state index in [0.29, 0.717) is 0 Å². The van der Waals surface area contributed by atoms with E-state index in [1.54, 1.807) is 24.3 Å². The summed E-state index contributed by atoms with van der Waals surface area (Å²) in [5.74, 6) is -1.37. The van der Waals surface area contributed by atoms with Gasteiger partial charge in [0.2, 0.25) is 0 Å². The Kier molecular flexibility index (Phi) is 7.85. The summed E-state index contributed by atoms with van der Waals surface area (Å²) in [5, 5.41) is -0.744. The van der Waals surface area contributed by atoms with Gasteiger partial charge in [-0.2, -0.15) is 8.42 Å². The molecule has 0 bridgehead atoms. The lowest BCUT2D eigenvalue weighted by Gasteiger charge is -2.24. The van der Waals surface area contributed by atoms with E-state index in [9.17, 15) is 18.0 Å². The second-order valence-electron chi connectivity index (χ2n) is 6.15. The number of hydrogen-bond donors (Lipinski definition) is 0. The maximum Gasteiger partial charge on any atom is 0.410 e. The van der Waals surface area contributed by atoms with Crippen molar-refractivity contribution < 1.29 is 31.7 Å². The summed E-state index contributed by atoms with van der Waals surface area (Å²) in [7, 11) is -2.83. The first-order valence-corrected chi connectivity index (χ1v) is 10.6. The van der Waals surface area contributed by atoms with Gasteiger partial charge in [0, 0.05) is 5.92 Å². The molecule has 0 radical (unpaired) electrons. The monoisotopic (exact) mass is 431 g/mol. The van der Waals surface area contributed by atoms with Crippen molar-refractivity contribution in [3.8, 4) is 0 Å². The summed E-state index contributed by atoms with van der Waals surface area (Å²) in [6.07, 6.45) is -0.00819. The first kappa shape index (κ1) is 22.2. The predicted molar refractivity (Wildman–Crippen MR) is 102 cm³/mol. The summed E-state index contributed by atoms with van der Waals surface area (Å²) >= 11 is 5.41. The lowest BCUT2D eigenvalue weighted by molar-refractivity contribution is -0.147. The molecule has 8 nitrogen and oxygen atoms in total. The van der Waals surface area contributed by atoms with Gasteiger partial charge in [-0.3, -0.25) is 9.08 Å². The van der Waals surface area contributed by atoms with Crippen LogP contribution in [0.2, 0.25) is 0 Å². The summed E-state index contributed by atoms with van der Waals surface area (Å²) in [5.41, 5.74) is 0.768. The summed E-state index contributed by atoms with van der Waals surface area (Å²) in [4.78, 5) is 26.1. The fourth-order valence-corrected chi connectivity index (χ4v) is 3.87. The third-order valence-corrected chi connectivity index (χ3v) is 5.93. The Labute approximate surface area is 169 Å². The fraction of sp³-hybridized carbons (Fsp3) is 0.444. The highest BCUT2D eigenvalue weighted by molar-refractivity contribution is 7.87. The molecule has 28 heavy (non-hydrogen) atoms. The molecule has 154 valence electrons. The first-order chi connectivity index (χ1) is 13.3. The highest BCUT2D eigenvalue weighted by Crippen LogP contribution is 2.33. The number of ether oxygens (including phenoxy) is 2. The molecule has 1 fully saturated rings. The van der Waals surface area contributed by atoms with Gasteiger partial charge in [0.1, 0.15) is 24.0 Å². The van der Waals surface area contributed by atoms with Crippen LogP contribution in [0.4, 0.5) is 4.79 Å². The zero-order chi connectivity index (χ0) is 20.7. The van der Waals surface area contributed by atoms with Crippen molar-refractivity contribution >= 4 is 33.8 Å². The molecule has 1 heterocycles. The number of amides is 1. The Hall–Kier alpha value is -2.10. The van der Waals surface area contributed by atoms with Gasteiger partial charge in [-0.1, -0.05) is 36.4 Å². The number of esters is 1. The van der Waals surface area contributed by atoms with Crippen molar-refractivity contribution in [3.05, 3.63) is 48.6 Å². The molecular formula is C18H22ClNO7S. The minimum atomic E-state index is -4.01. The van der Waals surface area contributed by atoms with Gasteiger partial charge in [-0.05, 0) is 12.0 Å². The Balaban J connectivity index is 2.22. The van der Waals surface area contributed by atoms with Gasteiger partial charge in [0.25, 0.3) is 10.1 Å². The van der Waals surface area contributed by atoms with Crippen LogP contribution in [0.1, 0.15) is 12.0 Å². The van der Waals surface area contributed by atoms with E-state index in [-0.39, 0.29) is 19.6 Å². The van der Waals surface area contributed by atoms with Crippen LogP contribution in [0.15, 0.2) is 43.0 Å². The van der Waals surface area contributed by atoms with Crippen molar-refractivity contribution in [2.24, 2.45) is 5.92 Å². The molecule has 10 heteroatoms. The van der Waals surface area contributed by atoms with Crippen molar-refractivity contribution in [2.75, 3.05) is 18.9 Å². The average Bonchev–Trinajstić information content (AvgIpc) is 3.04. The molecule has 1 aliphatic heterocycles. The number of halogens is 1. The van der Waals surface area contributed by atoms with Crippen LogP contribution in [0.5, 0.6) is 0 Å². The van der Waals surface area contributed by atoms with Gasteiger partial charge < -0.3 is 9.47 Å². The van der Waals surface area contributed by atoms with E-state index in [2.05, 4.69) is 6.58 Å². The molecule has 1 amide bonds. The zero-order valence-corrected chi connectivity index (χ0v) is 16.9. The molecule has 0 aromatic heterocycles. The Bertz CT molecular complexity index is 799. The van der Waals surface area contributed by atoms with E-state index in [1.807, 2.05) is 6.07 Å². The summed E-state index contributed by atoms with van der Waals surface area (Å²) in [6.45, 7) is 3.46. The quantitative estimate of drug-likeness (QED) is 0.269. The number of carbonyl (C=O) groups excluding carboxylic acids is 2. The second kappa shape index (κ2) is 9.90. The molecular weight excluding hydrogens is 410 g/mol. The van der Waals surface area contributed by atoms with Crippen LogP contribution in [-0.2, 0) is 35.2 Å². The van der Waals surface area contributed by atoms with Crippen LogP contribution in [-0.4, -0.2) is 56.4 Å². The van der Waals surface area contributed by atoms with Gasteiger partial charge >= 0.3 is 12.1 Å². The number of benzene rings is 1. The maximum absolute atomic E-state index is 12.6. The molecule has 1 aliphatic rings. The average molecular weight is 432 g/mol. The Morgan fingerprint density at radius 3 is 2.57 bits per heavy atom. The zero-order valence-electron chi connectivity index (χ0n) is 15.3. The normalized spacial score (nSPS) is 21.9. The van der Waals surface area contributed by atoms with Gasteiger partial charge in [-0.25, -0.2) is 9.59 Å². The van der Waals surface area contributed by atoms with E-state index in [0.717, 1.165) is 10.5 Å². The third kappa shape index (κ3) is 5.46. The lowest BCUT2D eigenvalue weighted by atomic mass is 9.94. The third-order valence-electron chi connectivity index (χ3n) is 4.32. The van der Waals surface area contributed by atoms with Gasteiger partial charge in [0.15, 0.2) is 0 Å². The molecule has 0 unspecified atom stereocenters. The minimum Gasteiger partial charge on any atom is -0.467 e. The number of alkyl halides is 1. The molecule has 3 atom stereocenters. The number of carbonyl (C=O) groups is 2. The van der Waals surface area contributed by atoms with E-state index >= 15 is 0 Å². The number of allylic oxidation sites excluding steroid dienone is 1. The molecule has 0 aliphatic carbocycles. The smallest absolute Gasteiger partial charge is 0.410 e. The lowest BCUT2D eigenvalue weighted by Crippen LogP contribution is -2.44. The van der Waals surface area contributed by atoms with Crippen LogP contribution >= 0.6 is 11.6 Å². The molecule has 1 aromatic rings. The van der Waals surface area contributed by atoms with Crippen LogP contribution < -0.4 is 0 Å². The summed E-state index contributed by atoms with van der Waals surface area (Å²) in [6, 6.07) is 7.94. The minimum absolute atomic E-state index is 0.00168. The Morgan fingerprint density at radius 1 is 1.32 bits per heavy atom. The van der Waals surface area contributed by atoms with Gasteiger partial charge in [-0.15, -0.1) is 18.2 Å². The molecule has 1 aromatic carbocycles. The highest BCUT2D eigenvalue weighted by Gasteiger charge is 2.50. The number of rotatable bonds is 8. The van der Waals surface area contributed by atoms with Crippen molar-refractivity contribution in [1.82, 2.24) is 4.90 Å². The van der Waals surface area contributed by atoms with E-state index < -0.39 is 45.5 Å². The van der Waals surface area contributed by atoms with Crippen molar-refractivity contribution in [1.29, 1.82) is 0 Å². The van der Waals surface area contributed by atoms with Crippen LogP contribution in [0.25, 0.3) is 0 Å². The number of likely N-dealkylation sites (tertiary alicyclic amines) is 1. The topological polar surface area (TPSA) is 99.2 Å². The van der Waals surface area contributed by atoms with E-state index in [4.69, 9.17) is 25.3 Å². The number of nitrogens with zero attached hydrogens (tertiary/aromatic N) is 1. The largest absolute Gasteiger partial charge is 0.467 e. The van der Waals surface area contributed by atoms with Crippen molar-refractivity contribution in [3.63, 3.8) is 0 Å². The Morgan fingerprint density at radius 2 is 2.00 bits per heavy atom. The highest BCUT2D eigenvalue weighted by atomic mass is 35.5. The SMILES string of the molecule is C=CC[C@@H]1[C@@H](C(=O)OC)N(C(=O)OCc2ccccc2)C[C@H]1OS(=O)(=O)CCl. The molecule has 0 saturated carbocycles. The first-order valence-electron chi connectivity index (χ1n) is 8.46.